The van der Waals surface area contributed by atoms with Gasteiger partial charge in [0.05, 0.1) is 16.4 Å². The SMILES string of the molecule is CN(CC(=O)N1CCNCC1)c1ccc(S(C)(=O)=O)cc1[N+](=O)[O-]. The summed E-state index contributed by atoms with van der Waals surface area (Å²) in [6.45, 7) is 2.62. The highest BCUT2D eigenvalue weighted by Gasteiger charge is 2.24. The van der Waals surface area contributed by atoms with Crippen LogP contribution in [0, 0.1) is 10.1 Å². The van der Waals surface area contributed by atoms with Crippen molar-refractivity contribution in [3.8, 4) is 0 Å². The summed E-state index contributed by atoms with van der Waals surface area (Å²) in [7, 11) is -1.97. The molecule has 1 amide bonds. The number of carbonyl (C=O) groups excluding carboxylic acids is 1. The monoisotopic (exact) mass is 356 g/mol. The molecule has 0 radical (unpaired) electrons. The lowest BCUT2D eigenvalue weighted by Crippen LogP contribution is -2.49. The first kappa shape index (κ1) is 18.1. The lowest BCUT2D eigenvalue weighted by molar-refractivity contribution is -0.384. The normalized spacial score (nSPS) is 15.2. The Labute approximate surface area is 140 Å². The Morgan fingerprint density at radius 3 is 2.54 bits per heavy atom. The molecule has 1 saturated heterocycles. The van der Waals surface area contributed by atoms with Gasteiger partial charge in [-0.1, -0.05) is 0 Å². The van der Waals surface area contributed by atoms with E-state index in [1.807, 2.05) is 0 Å². The van der Waals surface area contributed by atoms with Crippen molar-refractivity contribution in [3.63, 3.8) is 0 Å². The number of likely N-dealkylation sites (N-methyl/N-ethyl adjacent to an activating group) is 1. The number of piperazine rings is 1. The van der Waals surface area contributed by atoms with Gasteiger partial charge in [0.15, 0.2) is 9.84 Å². The van der Waals surface area contributed by atoms with Gasteiger partial charge in [0.25, 0.3) is 5.69 Å². The molecule has 1 heterocycles. The minimum Gasteiger partial charge on any atom is -0.360 e. The number of nitrogens with one attached hydrogen (secondary N) is 1. The van der Waals surface area contributed by atoms with Crippen molar-refractivity contribution in [3.05, 3.63) is 28.3 Å². The molecular formula is C14H20N4O5S. The van der Waals surface area contributed by atoms with Crippen molar-refractivity contribution in [1.82, 2.24) is 10.2 Å². The van der Waals surface area contributed by atoms with Crippen LogP contribution < -0.4 is 10.2 Å². The third kappa shape index (κ3) is 4.20. The molecule has 24 heavy (non-hydrogen) atoms. The van der Waals surface area contributed by atoms with Crippen molar-refractivity contribution in [1.29, 1.82) is 0 Å². The van der Waals surface area contributed by atoms with Crippen LogP contribution in [0.5, 0.6) is 0 Å². The van der Waals surface area contributed by atoms with E-state index in [1.165, 1.54) is 17.0 Å². The average Bonchev–Trinajstić information content (AvgIpc) is 2.54. The fourth-order valence-corrected chi connectivity index (χ4v) is 3.15. The molecule has 0 aliphatic carbocycles. The molecule has 0 saturated carbocycles. The molecule has 9 nitrogen and oxygen atoms in total. The first-order valence-electron chi connectivity index (χ1n) is 7.38. The van der Waals surface area contributed by atoms with Gasteiger partial charge >= 0.3 is 0 Å². The molecule has 0 atom stereocenters. The number of amides is 1. The Kier molecular flexibility index (Phi) is 5.40. The second-order valence-corrected chi connectivity index (χ2v) is 7.68. The van der Waals surface area contributed by atoms with Gasteiger partial charge in [-0.05, 0) is 12.1 Å². The number of hydrogen-bond acceptors (Lipinski definition) is 7. The first-order valence-corrected chi connectivity index (χ1v) is 9.27. The molecule has 1 aromatic rings. The largest absolute Gasteiger partial charge is 0.360 e. The number of rotatable bonds is 5. The molecule has 2 rings (SSSR count). The lowest BCUT2D eigenvalue weighted by Gasteiger charge is -2.29. The third-order valence-corrected chi connectivity index (χ3v) is 4.94. The highest BCUT2D eigenvalue weighted by molar-refractivity contribution is 7.90. The highest BCUT2D eigenvalue weighted by Crippen LogP contribution is 2.30. The summed E-state index contributed by atoms with van der Waals surface area (Å²) in [6.07, 6.45) is 0.989. The number of carbonyl (C=O) groups is 1. The number of nitro benzene ring substituents is 1. The van der Waals surface area contributed by atoms with E-state index in [0.29, 0.717) is 13.1 Å². The van der Waals surface area contributed by atoms with Gasteiger partial charge in [-0.25, -0.2) is 8.42 Å². The minimum atomic E-state index is -3.55. The molecule has 0 unspecified atom stereocenters. The number of nitro groups is 1. The zero-order valence-electron chi connectivity index (χ0n) is 13.6. The van der Waals surface area contributed by atoms with Crippen molar-refractivity contribution >= 4 is 27.1 Å². The van der Waals surface area contributed by atoms with Crippen LogP contribution in [0.1, 0.15) is 0 Å². The molecule has 132 valence electrons. The van der Waals surface area contributed by atoms with Crippen LogP contribution in [0.15, 0.2) is 23.1 Å². The average molecular weight is 356 g/mol. The zero-order chi connectivity index (χ0) is 17.9. The van der Waals surface area contributed by atoms with Gasteiger partial charge in [-0.15, -0.1) is 0 Å². The molecule has 1 aliphatic heterocycles. The molecule has 1 N–H and O–H groups in total. The van der Waals surface area contributed by atoms with Crippen molar-refractivity contribution in [2.24, 2.45) is 0 Å². The second kappa shape index (κ2) is 7.14. The standard InChI is InChI=1S/C14H20N4O5S/c1-16(10-14(19)17-7-5-15-6-8-17)12-4-3-11(24(2,22)23)9-13(12)18(20)21/h3-4,9,15H,5-8,10H2,1-2H3. The molecule has 0 bridgehead atoms. The third-order valence-electron chi connectivity index (χ3n) is 3.83. The van der Waals surface area contributed by atoms with Crippen molar-refractivity contribution in [2.75, 3.05) is 50.9 Å². The molecule has 1 aromatic carbocycles. The molecule has 1 aliphatic rings. The summed E-state index contributed by atoms with van der Waals surface area (Å²) in [5.74, 6) is -0.125. The van der Waals surface area contributed by atoms with Gasteiger partial charge in [0.1, 0.15) is 5.69 Å². The molecule has 0 spiro atoms. The minimum absolute atomic E-state index is 0.0148. The van der Waals surface area contributed by atoms with Crippen LogP contribution in [0.2, 0.25) is 0 Å². The van der Waals surface area contributed by atoms with Gasteiger partial charge in [-0.3, -0.25) is 14.9 Å². The summed E-state index contributed by atoms with van der Waals surface area (Å²) in [5.41, 5.74) is -0.135. The van der Waals surface area contributed by atoms with Crippen LogP contribution in [-0.4, -0.2) is 70.2 Å². The van der Waals surface area contributed by atoms with E-state index in [4.69, 9.17) is 0 Å². The topological polar surface area (TPSA) is 113 Å². The fraction of sp³-hybridized carbons (Fsp3) is 0.500. The Balaban J connectivity index is 2.23. The molecule has 10 heteroatoms. The van der Waals surface area contributed by atoms with E-state index in [0.717, 1.165) is 25.4 Å². The Morgan fingerprint density at radius 1 is 1.38 bits per heavy atom. The number of nitrogens with zero attached hydrogens (tertiary/aromatic N) is 3. The number of anilines is 1. The van der Waals surface area contributed by atoms with Crippen molar-refractivity contribution in [2.45, 2.75) is 4.90 Å². The summed E-state index contributed by atoms with van der Waals surface area (Å²) in [6, 6.07) is 3.69. The number of sulfone groups is 1. The zero-order valence-corrected chi connectivity index (χ0v) is 14.4. The molecule has 1 fully saturated rings. The van der Waals surface area contributed by atoms with E-state index in [9.17, 15) is 23.3 Å². The number of benzene rings is 1. The van der Waals surface area contributed by atoms with E-state index in [2.05, 4.69) is 5.32 Å². The van der Waals surface area contributed by atoms with Crippen LogP contribution in [0.3, 0.4) is 0 Å². The fourth-order valence-electron chi connectivity index (χ4n) is 2.51. The van der Waals surface area contributed by atoms with Gasteiger partial charge in [0, 0.05) is 45.5 Å². The van der Waals surface area contributed by atoms with E-state index >= 15 is 0 Å². The van der Waals surface area contributed by atoms with Crippen LogP contribution in [0.4, 0.5) is 11.4 Å². The van der Waals surface area contributed by atoms with Crippen LogP contribution in [0.25, 0.3) is 0 Å². The van der Waals surface area contributed by atoms with E-state index in [-0.39, 0.29) is 28.7 Å². The summed E-state index contributed by atoms with van der Waals surface area (Å²) in [5, 5.41) is 14.4. The first-order chi connectivity index (χ1) is 11.2. The maximum absolute atomic E-state index is 12.3. The lowest BCUT2D eigenvalue weighted by atomic mass is 10.2. The predicted molar refractivity (Wildman–Crippen MR) is 88.9 cm³/mol. The Hall–Kier alpha value is -2.20. The highest BCUT2D eigenvalue weighted by atomic mass is 32.2. The second-order valence-electron chi connectivity index (χ2n) is 5.67. The van der Waals surface area contributed by atoms with Gasteiger partial charge < -0.3 is 15.1 Å². The maximum Gasteiger partial charge on any atom is 0.293 e. The summed E-state index contributed by atoms with van der Waals surface area (Å²) in [4.78, 5) is 25.9. The van der Waals surface area contributed by atoms with E-state index < -0.39 is 14.8 Å². The van der Waals surface area contributed by atoms with Crippen LogP contribution >= 0.6 is 0 Å². The molecular weight excluding hydrogens is 336 g/mol. The predicted octanol–water partition coefficient (Wildman–Crippen LogP) is -0.134. The van der Waals surface area contributed by atoms with Gasteiger partial charge in [0.2, 0.25) is 5.91 Å². The van der Waals surface area contributed by atoms with Gasteiger partial charge in [-0.2, -0.15) is 0 Å². The number of hydrogen-bond donors (Lipinski definition) is 1. The Bertz CT molecular complexity index is 744. The smallest absolute Gasteiger partial charge is 0.293 e. The quantitative estimate of drug-likeness (QED) is 0.577. The van der Waals surface area contributed by atoms with E-state index in [1.54, 1.807) is 11.9 Å². The molecule has 0 aromatic heterocycles. The summed E-state index contributed by atoms with van der Waals surface area (Å²) >= 11 is 0. The summed E-state index contributed by atoms with van der Waals surface area (Å²) < 4.78 is 23.1. The Morgan fingerprint density at radius 2 is 2.00 bits per heavy atom. The maximum atomic E-state index is 12.3. The van der Waals surface area contributed by atoms with Crippen LogP contribution in [-0.2, 0) is 14.6 Å². The van der Waals surface area contributed by atoms with Crippen molar-refractivity contribution < 1.29 is 18.1 Å².